The minimum atomic E-state index is -0.323. The molecular formula is C8H8CeClO2S-. The second-order valence-corrected chi connectivity index (χ2v) is 3.78. The van der Waals surface area contributed by atoms with Crippen molar-refractivity contribution in [2.75, 3.05) is 6.61 Å². The number of halogens is 1. The molecule has 1 rings (SSSR count). The fraction of sp³-hybridized carbons (Fsp3) is 0.250. The second-order valence-electron chi connectivity index (χ2n) is 2.04. The SMILES string of the molecule is CCOC(=O)[CH-]c1ccc(Cl)s1.[Ce]. The second kappa shape index (κ2) is 7.06. The largest absolute Gasteiger partial charge is 0.476 e. The van der Waals surface area contributed by atoms with Crippen LogP contribution >= 0.6 is 22.9 Å². The minimum Gasteiger partial charge on any atom is -0.476 e. The van der Waals surface area contributed by atoms with E-state index in [2.05, 4.69) is 0 Å². The molecule has 0 aliphatic carbocycles. The first-order chi connectivity index (χ1) is 5.72. The summed E-state index contributed by atoms with van der Waals surface area (Å²) >= 11 is 7.02. The first-order valence-corrected chi connectivity index (χ1v) is 4.68. The van der Waals surface area contributed by atoms with Crippen molar-refractivity contribution in [3.63, 3.8) is 0 Å². The fourth-order valence-corrected chi connectivity index (χ4v) is 1.69. The van der Waals surface area contributed by atoms with Crippen molar-refractivity contribution in [1.82, 2.24) is 0 Å². The molecule has 0 saturated carbocycles. The van der Waals surface area contributed by atoms with Gasteiger partial charge in [-0.25, -0.2) is 0 Å². The Bertz CT molecular complexity index is 275. The van der Waals surface area contributed by atoms with E-state index in [0.717, 1.165) is 4.88 Å². The van der Waals surface area contributed by atoms with E-state index >= 15 is 0 Å². The third-order valence-electron chi connectivity index (χ3n) is 1.14. The number of ether oxygens (including phenoxy) is 1. The van der Waals surface area contributed by atoms with E-state index in [4.69, 9.17) is 16.3 Å². The van der Waals surface area contributed by atoms with Crippen LogP contribution in [0, 0.1) is 48.2 Å². The van der Waals surface area contributed by atoms with Gasteiger partial charge in [0.25, 0.3) is 0 Å². The van der Waals surface area contributed by atoms with Gasteiger partial charge in [0.1, 0.15) is 0 Å². The molecular weight excluding hydrogens is 336 g/mol. The average Bonchev–Trinajstić information content (AvgIpc) is 2.36. The van der Waals surface area contributed by atoms with E-state index < -0.39 is 0 Å². The van der Waals surface area contributed by atoms with Gasteiger partial charge in [0.2, 0.25) is 5.97 Å². The van der Waals surface area contributed by atoms with Gasteiger partial charge >= 0.3 is 0 Å². The van der Waals surface area contributed by atoms with Crippen LogP contribution in [-0.4, -0.2) is 12.6 Å². The Balaban J connectivity index is 0.00000144. The molecule has 2 nitrogen and oxygen atoms in total. The third-order valence-corrected chi connectivity index (χ3v) is 2.32. The van der Waals surface area contributed by atoms with E-state index in [9.17, 15) is 4.79 Å². The molecule has 0 amide bonds. The molecule has 0 unspecified atom stereocenters. The van der Waals surface area contributed by atoms with Crippen molar-refractivity contribution in [2.24, 2.45) is 0 Å². The van der Waals surface area contributed by atoms with Gasteiger partial charge in [-0.05, 0) is 6.92 Å². The topological polar surface area (TPSA) is 26.3 Å². The van der Waals surface area contributed by atoms with E-state index in [1.807, 2.05) is 0 Å². The summed E-state index contributed by atoms with van der Waals surface area (Å²) in [6.45, 7) is 2.17. The van der Waals surface area contributed by atoms with Crippen LogP contribution in [0.5, 0.6) is 0 Å². The average molecular weight is 344 g/mol. The minimum absolute atomic E-state index is 0. The zero-order valence-electron chi connectivity index (χ0n) is 7.04. The maximum Gasteiger partial charge on any atom is 0.248 e. The van der Waals surface area contributed by atoms with Crippen molar-refractivity contribution in [3.8, 4) is 0 Å². The van der Waals surface area contributed by atoms with E-state index in [1.54, 1.807) is 19.1 Å². The van der Waals surface area contributed by atoms with E-state index in [0.29, 0.717) is 10.9 Å². The van der Waals surface area contributed by atoms with Crippen LogP contribution in [-0.2, 0) is 9.53 Å². The Labute approximate surface area is 120 Å². The first-order valence-electron chi connectivity index (χ1n) is 3.49. The van der Waals surface area contributed by atoms with E-state index in [1.165, 1.54) is 17.8 Å². The van der Waals surface area contributed by atoms with Crippen molar-refractivity contribution in [3.05, 3.63) is 27.8 Å². The molecule has 0 aliphatic heterocycles. The number of carbonyl (C=O) groups is 1. The summed E-state index contributed by atoms with van der Waals surface area (Å²) in [4.78, 5) is 11.7. The molecule has 0 saturated heterocycles. The van der Waals surface area contributed by atoms with Crippen LogP contribution in [0.25, 0.3) is 0 Å². The van der Waals surface area contributed by atoms with Gasteiger partial charge in [-0.1, -0.05) is 11.6 Å². The third kappa shape index (κ3) is 5.22. The summed E-state index contributed by atoms with van der Waals surface area (Å²) < 4.78 is 5.40. The normalized spacial score (nSPS) is 8.77. The van der Waals surface area contributed by atoms with Crippen LogP contribution in [0.1, 0.15) is 11.8 Å². The predicted molar refractivity (Wildman–Crippen MR) is 49.4 cm³/mol. The number of thiophene rings is 1. The number of hydrogen-bond donors (Lipinski definition) is 0. The van der Waals surface area contributed by atoms with Crippen LogP contribution in [0.15, 0.2) is 12.1 Å². The maximum atomic E-state index is 10.9. The zero-order chi connectivity index (χ0) is 8.97. The summed E-state index contributed by atoms with van der Waals surface area (Å²) in [5, 5.41) is 0. The van der Waals surface area contributed by atoms with Gasteiger partial charge in [0.15, 0.2) is 0 Å². The molecule has 0 fully saturated rings. The van der Waals surface area contributed by atoms with Gasteiger partial charge in [0, 0.05) is 41.7 Å². The number of hydrogen-bond acceptors (Lipinski definition) is 3. The molecule has 0 N–H and O–H groups in total. The molecule has 0 aromatic carbocycles. The number of esters is 1. The molecule has 1 heterocycles. The number of rotatable bonds is 3. The maximum absolute atomic E-state index is 10.9. The molecule has 0 spiro atoms. The van der Waals surface area contributed by atoms with Crippen molar-refractivity contribution in [1.29, 1.82) is 0 Å². The molecule has 0 atom stereocenters. The van der Waals surface area contributed by atoms with Gasteiger partial charge in [0.05, 0.1) is 10.9 Å². The standard InChI is InChI=1S/C8H8ClO2S.Ce/c1-2-11-8(10)5-6-3-4-7(9)12-6;/h3-5H,2H2,1H3;/q-1;. The zero-order valence-corrected chi connectivity index (χ0v) is 11.8. The van der Waals surface area contributed by atoms with Crippen LogP contribution < -0.4 is 0 Å². The summed E-state index contributed by atoms with van der Waals surface area (Å²) in [6.07, 6.45) is 1.43. The van der Waals surface area contributed by atoms with Crippen LogP contribution in [0.2, 0.25) is 4.34 Å². The molecule has 1 aromatic rings. The molecule has 0 bridgehead atoms. The van der Waals surface area contributed by atoms with Crippen LogP contribution in [0.4, 0.5) is 0 Å². The molecule has 1 aromatic heterocycles. The molecule has 0 aliphatic rings. The smallest absolute Gasteiger partial charge is 0.248 e. The Kier molecular flexibility index (Phi) is 7.44. The fourth-order valence-electron chi connectivity index (χ4n) is 0.706. The Hall–Kier alpha value is 0.707. The molecule has 70 valence electrons. The van der Waals surface area contributed by atoms with Gasteiger partial charge in [-0.3, -0.25) is 4.79 Å². The van der Waals surface area contributed by atoms with Gasteiger partial charge in [-0.2, -0.15) is 17.4 Å². The summed E-state index contributed by atoms with van der Waals surface area (Å²) in [7, 11) is 0. The molecule has 0 radical (unpaired) electrons. The van der Waals surface area contributed by atoms with Gasteiger partial charge < -0.3 is 4.74 Å². The van der Waals surface area contributed by atoms with E-state index in [-0.39, 0.29) is 47.7 Å². The summed E-state index contributed by atoms with van der Waals surface area (Å²) in [5.41, 5.74) is 0. The predicted octanol–water partition coefficient (Wildman–Crippen LogP) is 2.52. The number of carbonyl (C=O) groups excluding carboxylic acids is 1. The Morgan fingerprint density at radius 1 is 1.69 bits per heavy atom. The Morgan fingerprint density at radius 2 is 2.38 bits per heavy atom. The summed E-state index contributed by atoms with van der Waals surface area (Å²) in [5.74, 6) is -0.323. The molecule has 13 heavy (non-hydrogen) atoms. The van der Waals surface area contributed by atoms with Crippen LogP contribution in [0.3, 0.4) is 0 Å². The van der Waals surface area contributed by atoms with Gasteiger partial charge in [-0.15, -0.1) is 17.4 Å². The first kappa shape index (κ1) is 13.7. The summed E-state index contributed by atoms with van der Waals surface area (Å²) in [6, 6.07) is 3.53. The monoisotopic (exact) mass is 343 g/mol. The molecule has 5 heteroatoms. The van der Waals surface area contributed by atoms with Crippen molar-refractivity contribution < 1.29 is 51.3 Å². The Morgan fingerprint density at radius 3 is 2.85 bits per heavy atom. The van der Waals surface area contributed by atoms with Crippen molar-refractivity contribution in [2.45, 2.75) is 6.92 Å². The quantitative estimate of drug-likeness (QED) is 0.622. The van der Waals surface area contributed by atoms with Crippen molar-refractivity contribution >= 4 is 28.9 Å².